The summed E-state index contributed by atoms with van der Waals surface area (Å²) < 4.78 is 29.0. The van der Waals surface area contributed by atoms with Gasteiger partial charge in [0.05, 0.1) is 0 Å². The number of sulfonamides is 1. The molecule has 1 amide bonds. The van der Waals surface area contributed by atoms with E-state index < -0.39 is 10.0 Å². The lowest BCUT2D eigenvalue weighted by atomic mass is 10.0. The maximum absolute atomic E-state index is 12.9. The van der Waals surface area contributed by atoms with E-state index in [1.807, 2.05) is 6.92 Å². The highest BCUT2D eigenvalue weighted by Gasteiger charge is 2.31. The van der Waals surface area contributed by atoms with Crippen LogP contribution in [0.5, 0.6) is 0 Å². The molecule has 2 unspecified atom stereocenters. The molecule has 2 atom stereocenters. The molecule has 1 aromatic heterocycles. The predicted molar refractivity (Wildman–Crippen MR) is 103 cm³/mol. The third-order valence-corrected chi connectivity index (χ3v) is 6.94. The molecule has 3 rings (SSSR count). The molecule has 26 heavy (non-hydrogen) atoms. The highest BCUT2D eigenvalue weighted by molar-refractivity contribution is 7.89. The van der Waals surface area contributed by atoms with Gasteiger partial charge in [-0.2, -0.15) is 4.31 Å². The van der Waals surface area contributed by atoms with Crippen LogP contribution in [-0.4, -0.2) is 66.9 Å². The van der Waals surface area contributed by atoms with Gasteiger partial charge in [-0.3, -0.25) is 4.79 Å². The molecule has 0 bridgehead atoms. The SMILES string of the molecule is CC1CCCN(S(=O)(=O)c2cc(C(=O)N3CCNC(C)C3)n(C)c2)C1.Cl. The normalized spacial score (nSPS) is 25.0. The Balaban J connectivity index is 0.00000243. The fourth-order valence-corrected chi connectivity index (χ4v) is 5.35. The summed E-state index contributed by atoms with van der Waals surface area (Å²) in [5.41, 5.74) is 0.428. The number of piperidine rings is 1. The molecule has 1 N–H and O–H groups in total. The van der Waals surface area contributed by atoms with E-state index in [4.69, 9.17) is 0 Å². The molecule has 2 aliphatic heterocycles. The smallest absolute Gasteiger partial charge is 0.270 e. The van der Waals surface area contributed by atoms with Crippen LogP contribution >= 0.6 is 12.4 Å². The Kier molecular flexibility index (Phi) is 6.76. The van der Waals surface area contributed by atoms with E-state index >= 15 is 0 Å². The van der Waals surface area contributed by atoms with Gasteiger partial charge in [0.1, 0.15) is 10.6 Å². The number of carbonyl (C=O) groups is 1. The van der Waals surface area contributed by atoms with Crippen molar-refractivity contribution in [3.63, 3.8) is 0 Å². The maximum atomic E-state index is 12.9. The Morgan fingerprint density at radius 1 is 1.23 bits per heavy atom. The zero-order valence-corrected chi connectivity index (χ0v) is 17.3. The average Bonchev–Trinajstić information content (AvgIpc) is 2.97. The molecule has 3 heterocycles. The van der Waals surface area contributed by atoms with Crippen LogP contribution in [0.4, 0.5) is 0 Å². The summed E-state index contributed by atoms with van der Waals surface area (Å²) in [5.74, 6) is 0.264. The molecule has 0 aliphatic carbocycles. The van der Waals surface area contributed by atoms with Crippen molar-refractivity contribution in [1.29, 1.82) is 0 Å². The standard InChI is InChI=1S/C17H28N4O3S.ClH/c1-13-5-4-7-21(10-13)25(23,24)15-9-16(19(3)12-15)17(22)20-8-6-18-14(2)11-20;/h9,12-14,18H,4-8,10-11H2,1-3H3;1H. The maximum Gasteiger partial charge on any atom is 0.270 e. The number of rotatable bonds is 3. The molecule has 148 valence electrons. The molecule has 2 aliphatic rings. The fraction of sp³-hybridized carbons (Fsp3) is 0.706. The predicted octanol–water partition coefficient (Wildman–Crippen LogP) is 1.30. The second-order valence-electron chi connectivity index (χ2n) is 7.39. The van der Waals surface area contributed by atoms with Gasteiger partial charge >= 0.3 is 0 Å². The zero-order chi connectivity index (χ0) is 18.2. The Morgan fingerprint density at radius 3 is 2.62 bits per heavy atom. The number of hydrogen-bond acceptors (Lipinski definition) is 4. The monoisotopic (exact) mass is 404 g/mol. The molecule has 0 spiro atoms. The Morgan fingerprint density at radius 2 is 1.96 bits per heavy atom. The number of amides is 1. The van der Waals surface area contributed by atoms with E-state index in [1.165, 1.54) is 6.07 Å². The van der Waals surface area contributed by atoms with Crippen LogP contribution < -0.4 is 5.32 Å². The van der Waals surface area contributed by atoms with Crippen molar-refractivity contribution in [2.24, 2.45) is 13.0 Å². The number of nitrogens with zero attached hydrogens (tertiary/aromatic N) is 3. The van der Waals surface area contributed by atoms with Crippen LogP contribution in [0, 0.1) is 5.92 Å². The van der Waals surface area contributed by atoms with E-state index in [9.17, 15) is 13.2 Å². The highest BCUT2D eigenvalue weighted by Crippen LogP contribution is 2.25. The number of halogens is 1. The Labute approximate surface area is 162 Å². The summed E-state index contributed by atoms with van der Waals surface area (Å²) in [7, 11) is -1.81. The number of aryl methyl sites for hydroxylation is 1. The van der Waals surface area contributed by atoms with Crippen LogP contribution in [0.1, 0.15) is 37.2 Å². The first-order valence-corrected chi connectivity index (χ1v) is 10.4. The summed E-state index contributed by atoms with van der Waals surface area (Å²) in [5, 5.41) is 3.31. The van der Waals surface area contributed by atoms with Gasteiger partial charge in [-0.15, -0.1) is 12.4 Å². The first-order valence-electron chi connectivity index (χ1n) is 8.98. The lowest BCUT2D eigenvalue weighted by Crippen LogP contribution is -2.51. The molecule has 0 radical (unpaired) electrons. The minimum Gasteiger partial charge on any atom is -0.345 e. The Hall–Kier alpha value is -1.09. The largest absolute Gasteiger partial charge is 0.345 e. The second kappa shape index (κ2) is 8.29. The summed E-state index contributed by atoms with van der Waals surface area (Å²) >= 11 is 0. The summed E-state index contributed by atoms with van der Waals surface area (Å²) in [6, 6.07) is 1.78. The summed E-state index contributed by atoms with van der Waals surface area (Å²) in [6.45, 7) is 7.25. The van der Waals surface area contributed by atoms with E-state index in [-0.39, 0.29) is 29.3 Å². The number of aromatic nitrogens is 1. The van der Waals surface area contributed by atoms with Crippen molar-refractivity contribution < 1.29 is 13.2 Å². The Bertz CT molecular complexity index is 749. The van der Waals surface area contributed by atoms with Crippen molar-refractivity contribution in [3.05, 3.63) is 18.0 Å². The van der Waals surface area contributed by atoms with Gasteiger partial charge in [-0.25, -0.2) is 8.42 Å². The molecule has 0 aromatic carbocycles. The summed E-state index contributed by atoms with van der Waals surface area (Å²) in [6.07, 6.45) is 3.51. The lowest BCUT2D eigenvalue weighted by molar-refractivity contribution is 0.0699. The zero-order valence-electron chi connectivity index (χ0n) is 15.6. The fourth-order valence-electron chi connectivity index (χ4n) is 3.68. The van der Waals surface area contributed by atoms with Crippen molar-refractivity contribution in [2.75, 3.05) is 32.7 Å². The van der Waals surface area contributed by atoms with Crippen LogP contribution in [0.2, 0.25) is 0 Å². The minimum absolute atomic E-state index is 0. The van der Waals surface area contributed by atoms with Crippen molar-refractivity contribution in [2.45, 2.75) is 37.6 Å². The van der Waals surface area contributed by atoms with Crippen LogP contribution in [-0.2, 0) is 17.1 Å². The van der Waals surface area contributed by atoms with E-state index in [0.29, 0.717) is 37.8 Å². The van der Waals surface area contributed by atoms with Gasteiger partial charge in [0.15, 0.2) is 0 Å². The van der Waals surface area contributed by atoms with Crippen LogP contribution in [0.15, 0.2) is 17.2 Å². The molecular weight excluding hydrogens is 376 g/mol. The average molecular weight is 405 g/mol. The topological polar surface area (TPSA) is 74.7 Å². The van der Waals surface area contributed by atoms with Crippen LogP contribution in [0.25, 0.3) is 0 Å². The third kappa shape index (κ3) is 4.24. The minimum atomic E-state index is -3.54. The highest BCUT2D eigenvalue weighted by atomic mass is 35.5. The third-order valence-electron chi connectivity index (χ3n) is 5.11. The molecule has 0 saturated carbocycles. The van der Waals surface area contributed by atoms with Crippen LogP contribution in [0.3, 0.4) is 0 Å². The molecule has 2 saturated heterocycles. The molecular formula is C17H29ClN4O3S. The second-order valence-corrected chi connectivity index (χ2v) is 9.33. The van der Waals surface area contributed by atoms with E-state index in [1.54, 1.807) is 27.0 Å². The first-order chi connectivity index (χ1) is 11.8. The number of carbonyl (C=O) groups excluding carboxylic acids is 1. The van der Waals surface area contributed by atoms with Gasteiger partial charge in [-0.05, 0) is 31.7 Å². The molecule has 7 nitrogen and oxygen atoms in total. The van der Waals surface area contributed by atoms with Crippen molar-refractivity contribution in [1.82, 2.24) is 19.1 Å². The number of nitrogens with one attached hydrogen (secondary N) is 1. The molecule has 1 aromatic rings. The number of piperazine rings is 1. The summed E-state index contributed by atoms with van der Waals surface area (Å²) in [4.78, 5) is 14.8. The number of hydrogen-bond donors (Lipinski definition) is 1. The van der Waals surface area contributed by atoms with Gasteiger partial charge in [0.25, 0.3) is 5.91 Å². The van der Waals surface area contributed by atoms with Gasteiger partial charge in [0.2, 0.25) is 10.0 Å². The van der Waals surface area contributed by atoms with E-state index in [0.717, 1.165) is 19.4 Å². The quantitative estimate of drug-likeness (QED) is 0.824. The van der Waals surface area contributed by atoms with Gasteiger partial charge < -0.3 is 14.8 Å². The van der Waals surface area contributed by atoms with Crippen molar-refractivity contribution in [3.8, 4) is 0 Å². The lowest BCUT2D eigenvalue weighted by Gasteiger charge is -2.31. The van der Waals surface area contributed by atoms with Gasteiger partial charge in [-0.1, -0.05) is 6.92 Å². The van der Waals surface area contributed by atoms with Crippen molar-refractivity contribution >= 4 is 28.3 Å². The molecule has 9 heteroatoms. The van der Waals surface area contributed by atoms with E-state index in [2.05, 4.69) is 12.2 Å². The first kappa shape index (κ1) is 21.2. The van der Waals surface area contributed by atoms with Gasteiger partial charge in [0, 0.05) is 52.0 Å². The molecule has 2 fully saturated rings.